The van der Waals surface area contributed by atoms with Crippen LogP contribution >= 0.6 is 22.6 Å². The Kier molecular flexibility index (Phi) is 9.35. The first-order valence-electron chi connectivity index (χ1n) is 12.4. The van der Waals surface area contributed by atoms with Gasteiger partial charge in [0.25, 0.3) is 5.91 Å². The first-order chi connectivity index (χ1) is 18.4. The summed E-state index contributed by atoms with van der Waals surface area (Å²) < 4.78 is 12.0. The van der Waals surface area contributed by atoms with Gasteiger partial charge in [-0.3, -0.25) is 9.59 Å². The second kappa shape index (κ2) is 12.9. The van der Waals surface area contributed by atoms with E-state index in [1.807, 2.05) is 56.3 Å². The number of benzene rings is 3. The average Bonchev–Trinajstić information content (AvgIpc) is 3.22. The fourth-order valence-corrected chi connectivity index (χ4v) is 4.72. The van der Waals surface area contributed by atoms with Gasteiger partial charge in [-0.1, -0.05) is 49.4 Å². The molecule has 1 saturated heterocycles. The Balaban J connectivity index is 1.57. The number of urea groups is 1. The summed E-state index contributed by atoms with van der Waals surface area (Å²) >= 11 is 2.19. The first-order valence-corrected chi connectivity index (χ1v) is 13.5. The Labute approximate surface area is 235 Å². The number of carbonyl (C=O) groups is 3. The number of hydrogen-bond acceptors (Lipinski definition) is 5. The van der Waals surface area contributed by atoms with Gasteiger partial charge in [0.15, 0.2) is 0 Å². The number of imide groups is 1. The summed E-state index contributed by atoms with van der Waals surface area (Å²) in [5.74, 6) is -0.737. The van der Waals surface area contributed by atoms with E-state index in [0.29, 0.717) is 36.8 Å². The normalized spacial score (nSPS) is 16.6. The van der Waals surface area contributed by atoms with Gasteiger partial charge < -0.3 is 20.1 Å². The molecule has 9 heteroatoms. The summed E-state index contributed by atoms with van der Waals surface area (Å²) in [5, 5.41) is 5.64. The second-order valence-corrected chi connectivity index (χ2v) is 10.1. The maximum atomic E-state index is 13.6. The molecule has 0 aromatic heterocycles. The number of nitrogens with zero attached hydrogens (tertiary/aromatic N) is 1. The molecule has 1 aliphatic heterocycles. The van der Waals surface area contributed by atoms with Gasteiger partial charge in [-0.15, -0.1) is 0 Å². The van der Waals surface area contributed by atoms with Gasteiger partial charge in [-0.2, -0.15) is 0 Å². The highest BCUT2D eigenvalue weighted by Gasteiger charge is 2.47. The van der Waals surface area contributed by atoms with Crippen LogP contribution in [0, 0.1) is 3.57 Å². The van der Waals surface area contributed by atoms with Crippen LogP contribution in [0.2, 0.25) is 0 Å². The zero-order chi connectivity index (χ0) is 27.1. The summed E-state index contributed by atoms with van der Waals surface area (Å²) in [4.78, 5) is 41.5. The van der Waals surface area contributed by atoms with Crippen molar-refractivity contribution in [1.29, 1.82) is 0 Å². The molecule has 3 aromatic carbocycles. The topological polar surface area (TPSA) is 97.0 Å². The van der Waals surface area contributed by atoms with Gasteiger partial charge in [0.2, 0.25) is 5.91 Å². The molecule has 2 N–H and O–H groups in total. The third kappa shape index (κ3) is 6.51. The molecule has 3 atom stereocenters. The van der Waals surface area contributed by atoms with E-state index < -0.39 is 35.8 Å². The molecular weight excluding hydrogens is 597 g/mol. The van der Waals surface area contributed by atoms with Crippen LogP contribution in [0.1, 0.15) is 36.9 Å². The third-order valence-electron chi connectivity index (χ3n) is 6.34. The molecule has 4 amide bonds. The summed E-state index contributed by atoms with van der Waals surface area (Å²) in [5.41, 5.74) is 2.03. The zero-order valence-electron chi connectivity index (χ0n) is 21.2. The van der Waals surface area contributed by atoms with Crippen molar-refractivity contribution < 1.29 is 23.9 Å². The molecular formula is C29H30IN3O5. The van der Waals surface area contributed by atoms with Gasteiger partial charge >= 0.3 is 6.03 Å². The van der Waals surface area contributed by atoms with Crippen LogP contribution in [0.5, 0.6) is 5.75 Å². The molecule has 1 aliphatic rings. The van der Waals surface area contributed by atoms with Gasteiger partial charge in [-0.25, -0.2) is 9.69 Å². The molecule has 198 valence electrons. The lowest BCUT2D eigenvalue weighted by Gasteiger charge is -2.30. The van der Waals surface area contributed by atoms with Crippen molar-refractivity contribution in [3.8, 4) is 5.75 Å². The maximum Gasteiger partial charge on any atom is 0.325 e. The molecule has 0 saturated carbocycles. The van der Waals surface area contributed by atoms with Crippen molar-refractivity contribution in [2.45, 2.75) is 31.8 Å². The van der Waals surface area contributed by atoms with Crippen LogP contribution in [0.3, 0.4) is 0 Å². The van der Waals surface area contributed by atoms with Crippen molar-refractivity contribution in [1.82, 2.24) is 10.2 Å². The van der Waals surface area contributed by atoms with Crippen molar-refractivity contribution >= 4 is 46.1 Å². The van der Waals surface area contributed by atoms with Gasteiger partial charge in [0.05, 0.1) is 6.61 Å². The highest BCUT2D eigenvalue weighted by molar-refractivity contribution is 14.1. The monoisotopic (exact) mass is 627 g/mol. The minimum Gasteiger partial charge on any atom is -0.491 e. The Morgan fingerprint density at radius 1 is 1.00 bits per heavy atom. The molecule has 1 heterocycles. The molecule has 0 aliphatic carbocycles. The molecule has 8 nitrogen and oxygen atoms in total. The third-order valence-corrected chi connectivity index (χ3v) is 7.06. The Morgan fingerprint density at radius 3 is 2.34 bits per heavy atom. The standard InChI is InChI=1S/C29H30IN3O5/c1-3-37-17-18-38-24-15-9-21(10-16-24)25-28(35)33(29(36)32-25)26(19(2)20-7-5-4-6-8-20)27(34)31-23-13-11-22(30)12-14-23/h4-16,19,25-26H,3,17-18H2,1-2H3,(H,31,34)(H,32,36)/t19-,25+,26-/m0/s1. The molecule has 0 unspecified atom stereocenters. The van der Waals surface area contributed by atoms with E-state index in [2.05, 4.69) is 33.2 Å². The van der Waals surface area contributed by atoms with E-state index in [-0.39, 0.29) is 0 Å². The first kappa shape index (κ1) is 27.6. The van der Waals surface area contributed by atoms with Crippen LogP contribution in [-0.4, -0.2) is 48.6 Å². The van der Waals surface area contributed by atoms with E-state index in [1.54, 1.807) is 36.4 Å². The van der Waals surface area contributed by atoms with Crippen molar-refractivity contribution in [2.24, 2.45) is 0 Å². The Morgan fingerprint density at radius 2 is 1.68 bits per heavy atom. The van der Waals surface area contributed by atoms with E-state index in [9.17, 15) is 14.4 Å². The summed E-state index contributed by atoms with van der Waals surface area (Å²) in [7, 11) is 0. The average molecular weight is 627 g/mol. The molecule has 0 radical (unpaired) electrons. The predicted molar refractivity (Wildman–Crippen MR) is 153 cm³/mol. The lowest BCUT2D eigenvalue weighted by atomic mass is 9.91. The lowest BCUT2D eigenvalue weighted by molar-refractivity contribution is -0.134. The Hall–Kier alpha value is -3.44. The molecule has 4 rings (SSSR count). The number of nitrogens with one attached hydrogen (secondary N) is 2. The molecule has 0 bridgehead atoms. The summed E-state index contributed by atoms with van der Waals surface area (Å²) in [6.45, 7) is 5.27. The van der Waals surface area contributed by atoms with Gasteiger partial charge in [-0.05, 0) is 77.0 Å². The van der Waals surface area contributed by atoms with Crippen LogP contribution in [0.25, 0.3) is 0 Å². The van der Waals surface area contributed by atoms with Crippen LogP contribution in [0.15, 0.2) is 78.9 Å². The summed E-state index contributed by atoms with van der Waals surface area (Å²) in [6, 6.07) is 21.1. The molecule has 3 aromatic rings. The fourth-order valence-electron chi connectivity index (χ4n) is 4.36. The molecule has 38 heavy (non-hydrogen) atoms. The minimum atomic E-state index is -1.06. The zero-order valence-corrected chi connectivity index (χ0v) is 23.4. The minimum absolute atomic E-state index is 0.411. The number of amides is 4. The largest absolute Gasteiger partial charge is 0.491 e. The number of hydrogen-bond donors (Lipinski definition) is 2. The molecule has 1 fully saturated rings. The lowest BCUT2D eigenvalue weighted by Crippen LogP contribution is -2.50. The van der Waals surface area contributed by atoms with E-state index in [4.69, 9.17) is 9.47 Å². The van der Waals surface area contributed by atoms with E-state index in [0.717, 1.165) is 14.0 Å². The number of ether oxygens (including phenoxy) is 2. The van der Waals surface area contributed by atoms with Crippen LogP contribution in [-0.2, 0) is 14.3 Å². The second-order valence-electron chi connectivity index (χ2n) is 8.85. The maximum absolute atomic E-state index is 13.6. The Bertz CT molecular complexity index is 1250. The number of halogens is 1. The van der Waals surface area contributed by atoms with Gasteiger partial charge in [0, 0.05) is 21.8 Å². The van der Waals surface area contributed by atoms with Crippen LogP contribution in [0.4, 0.5) is 10.5 Å². The number of carbonyl (C=O) groups excluding carboxylic acids is 3. The fraction of sp³-hybridized carbons (Fsp3) is 0.276. The summed E-state index contributed by atoms with van der Waals surface area (Å²) in [6.07, 6.45) is 0. The molecule has 0 spiro atoms. The van der Waals surface area contributed by atoms with Gasteiger partial charge in [0.1, 0.15) is 24.4 Å². The van der Waals surface area contributed by atoms with E-state index in [1.165, 1.54) is 0 Å². The SMILES string of the molecule is CCOCCOc1ccc([C@H]2NC(=O)N([C@H](C(=O)Nc3ccc(I)cc3)[C@@H](C)c3ccccc3)C2=O)cc1. The number of anilines is 1. The highest BCUT2D eigenvalue weighted by atomic mass is 127. The van der Waals surface area contributed by atoms with Crippen molar-refractivity contribution in [3.63, 3.8) is 0 Å². The van der Waals surface area contributed by atoms with Crippen LogP contribution < -0.4 is 15.4 Å². The number of rotatable bonds is 11. The van der Waals surface area contributed by atoms with Crippen molar-refractivity contribution in [2.75, 3.05) is 25.1 Å². The highest BCUT2D eigenvalue weighted by Crippen LogP contribution is 2.31. The smallest absolute Gasteiger partial charge is 0.325 e. The van der Waals surface area contributed by atoms with Crippen molar-refractivity contribution in [3.05, 3.63) is 93.6 Å². The quantitative estimate of drug-likeness (QED) is 0.175. The van der Waals surface area contributed by atoms with E-state index >= 15 is 0 Å². The predicted octanol–water partition coefficient (Wildman–Crippen LogP) is 5.11.